The zero-order valence-electron chi connectivity index (χ0n) is 16.1. The number of β-amino-alcohol motifs (C(OH)–C–C–N with tert-alkyl or cyclic N) is 1. The second-order valence-electron chi connectivity index (χ2n) is 8.08. The molecule has 2 saturated heterocycles. The zero-order chi connectivity index (χ0) is 21.2. The van der Waals surface area contributed by atoms with Gasteiger partial charge in [-0.2, -0.15) is 13.2 Å². The second-order valence-corrected chi connectivity index (χ2v) is 8.08. The van der Waals surface area contributed by atoms with Crippen molar-refractivity contribution >= 4 is 6.09 Å². The van der Waals surface area contributed by atoms with Gasteiger partial charge in [-0.15, -0.1) is 0 Å². The fourth-order valence-electron chi connectivity index (χ4n) is 4.23. The van der Waals surface area contributed by atoms with Gasteiger partial charge in [-0.25, -0.2) is 4.79 Å². The van der Waals surface area contributed by atoms with Crippen molar-refractivity contribution in [1.29, 1.82) is 0 Å². The van der Waals surface area contributed by atoms with Crippen LogP contribution in [0.1, 0.15) is 42.7 Å². The topological polar surface area (TPSA) is 84.2 Å². The van der Waals surface area contributed by atoms with Crippen molar-refractivity contribution in [2.24, 2.45) is 0 Å². The fourth-order valence-corrected chi connectivity index (χ4v) is 4.23. The van der Waals surface area contributed by atoms with E-state index in [2.05, 4.69) is 0 Å². The molecule has 0 saturated carbocycles. The summed E-state index contributed by atoms with van der Waals surface area (Å²) in [5, 5.41) is 30.2. The molecule has 1 unspecified atom stereocenters. The Kier molecular flexibility index (Phi) is 6.40. The van der Waals surface area contributed by atoms with Crippen LogP contribution in [0, 0.1) is 0 Å². The fraction of sp³-hybridized carbons (Fsp3) is 0.650. The maximum absolute atomic E-state index is 12.7. The third kappa shape index (κ3) is 5.21. The van der Waals surface area contributed by atoms with Crippen molar-refractivity contribution in [3.63, 3.8) is 0 Å². The molecule has 9 heteroatoms. The highest BCUT2D eigenvalue weighted by atomic mass is 19.4. The van der Waals surface area contributed by atoms with E-state index in [0.717, 1.165) is 30.5 Å². The first-order valence-corrected chi connectivity index (χ1v) is 9.86. The SMILES string of the molecule is O=C(O)N1CCC(O)(C(O)CN2CCC(c3ccc(C(F)(F)F)cc3)CC2)CC1. The lowest BCUT2D eigenvalue weighted by molar-refractivity contribution is -0.137. The van der Waals surface area contributed by atoms with E-state index in [0.29, 0.717) is 19.6 Å². The molecule has 0 bridgehead atoms. The first-order chi connectivity index (χ1) is 13.6. The summed E-state index contributed by atoms with van der Waals surface area (Å²) in [4.78, 5) is 14.3. The normalized spacial score (nSPS) is 22.4. The number of nitrogens with zero attached hydrogens (tertiary/aromatic N) is 2. The number of aliphatic hydroxyl groups is 2. The molecule has 0 aliphatic carbocycles. The second kappa shape index (κ2) is 8.49. The summed E-state index contributed by atoms with van der Waals surface area (Å²) < 4.78 is 38.1. The van der Waals surface area contributed by atoms with Crippen LogP contribution < -0.4 is 0 Å². The monoisotopic (exact) mass is 416 g/mol. The number of piperidine rings is 2. The van der Waals surface area contributed by atoms with Crippen LogP contribution in [0.4, 0.5) is 18.0 Å². The van der Waals surface area contributed by atoms with Gasteiger partial charge in [0.05, 0.1) is 17.3 Å². The Hall–Kier alpha value is -1.84. The summed E-state index contributed by atoms with van der Waals surface area (Å²) in [5.74, 6) is 0.174. The standard InChI is InChI=1S/C20H27F3N2O4/c21-20(22,23)16-3-1-14(2-4-16)15-5-9-24(10-6-15)13-17(26)19(29)7-11-25(12-8-19)18(27)28/h1-4,15,17,26,29H,5-13H2,(H,27,28). The molecular weight excluding hydrogens is 389 g/mol. The molecule has 0 radical (unpaired) electrons. The molecule has 1 aromatic rings. The van der Waals surface area contributed by atoms with Gasteiger partial charge in [-0.3, -0.25) is 0 Å². The maximum atomic E-state index is 12.7. The summed E-state index contributed by atoms with van der Waals surface area (Å²) in [6, 6.07) is 5.31. The van der Waals surface area contributed by atoms with Crippen LogP contribution in [-0.4, -0.2) is 75.6 Å². The predicted octanol–water partition coefficient (Wildman–Crippen LogP) is 2.75. The van der Waals surface area contributed by atoms with Gasteiger partial charge >= 0.3 is 12.3 Å². The molecule has 2 fully saturated rings. The van der Waals surface area contributed by atoms with Gasteiger partial charge in [-0.05, 0) is 62.4 Å². The first kappa shape index (κ1) is 21.9. The summed E-state index contributed by atoms with van der Waals surface area (Å²) >= 11 is 0. The summed E-state index contributed by atoms with van der Waals surface area (Å²) in [7, 11) is 0. The third-order valence-corrected chi connectivity index (χ3v) is 6.25. The largest absolute Gasteiger partial charge is 0.465 e. The van der Waals surface area contributed by atoms with E-state index in [-0.39, 0.29) is 31.8 Å². The Balaban J connectivity index is 1.49. The Morgan fingerprint density at radius 3 is 2.14 bits per heavy atom. The maximum Gasteiger partial charge on any atom is 0.416 e. The number of hydrogen-bond acceptors (Lipinski definition) is 4. The Morgan fingerprint density at radius 2 is 1.66 bits per heavy atom. The molecule has 2 aliphatic rings. The van der Waals surface area contributed by atoms with Crippen molar-refractivity contribution in [2.75, 3.05) is 32.7 Å². The number of aliphatic hydroxyl groups excluding tert-OH is 1. The molecular formula is C20H27F3N2O4. The molecule has 3 rings (SSSR count). The first-order valence-electron chi connectivity index (χ1n) is 9.86. The van der Waals surface area contributed by atoms with Crippen LogP contribution in [0.3, 0.4) is 0 Å². The number of alkyl halides is 3. The summed E-state index contributed by atoms with van der Waals surface area (Å²) in [6.45, 7) is 2.04. The minimum absolute atomic E-state index is 0.174. The van der Waals surface area contributed by atoms with Crippen molar-refractivity contribution in [3.05, 3.63) is 35.4 Å². The molecule has 1 amide bonds. The number of amides is 1. The summed E-state index contributed by atoms with van der Waals surface area (Å²) in [5.41, 5.74) is -1.06. The lowest BCUT2D eigenvalue weighted by Gasteiger charge is -2.42. The van der Waals surface area contributed by atoms with Gasteiger partial charge in [0.15, 0.2) is 0 Å². The van der Waals surface area contributed by atoms with Crippen LogP contribution in [0.5, 0.6) is 0 Å². The number of benzene rings is 1. The van der Waals surface area contributed by atoms with Gasteiger partial charge in [0.2, 0.25) is 0 Å². The minimum atomic E-state index is -4.33. The van der Waals surface area contributed by atoms with E-state index >= 15 is 0 Å². The quantitative estimate of drug-likeness (QED) is 0.703. The Morgan fingerprint density at radius 1 is 1.10 bits per heavy atom. The average Bonchev–Trinajstić information content (AvgIpc) is 2.68. The van der Waals surface area contributed by atoms with Gasteiger partial charge in [0, 0.05) is 19.6 Å². The molecule has 162 valence electrons. The smallest absolute Gasteiger partial charge is 0.416 e. The highest BCUT2D eigenvalue weighted by molar-refractivity contribution is 5.65. The molecule has 2 heterocycles. The van der Waals surface area contributed by atoms with Crippen LogP contribution in [-0.2, 0) is 6.18 Å². The van der Waals surface area contributed by atoms with E-state index in [1.54, 1.807) is 0 Å². The third-order valence-electron chi connectivity index (χ3n) is 6.25. The van der Waals surface area contributed by atoms with Gasteiger partial charge < -0.3 is 25.1 Å². The molecule has 29 heavy (non-hydrogen) atoms. The highest BCUT2D eigenvalue weighted by Gasteiger charge is 2.41. The van der Waals surface area contributed by atoms with Crippen LogP contribution in [0.15, 0.2) is 24.3 Å². The van der Waals surface area contributed by atoms with E-state index in [4.69, 9.17) is 5.11 Å². The van der Waals surface area contributed by atoms with Crippen molar-refractivity contribution in [3.8, 4) is 0 Å². The van der Waals surface area contributed by atoms with Crippen LogP contribution >= 0.6 is 0 Å². The highest BCUT2D eigenvalue weighted by Crippen LogP contribution is 2.33. The van der Waals surface area contributed by atoms with Crippen molar-refractivity contribution in [1.82, 2.24) is 9.80 Å². The average molecular weight is 416 g/mol. The lowest BCUT2D eigenvalue weighted by atomic mass is 9.84. The van der Waals surface area contributed by atoms with Gasteiger partial charge in [-0.1, -0.05) is 12.1 Å². The Bertz CT molecular complexity index is 695. The van der Waals surface area contributed by atoms with Crippen molar-refractivity contribution < 1.29 is 33.3 Å². The predicted molar refractivity (Wildman–Crippen MR) is 99.6 cm³/mol. The Labute approximate surface area is 167 Å². The molecule has 1 atom stereocenters. The van der Waals surface area contributed by atoms with E-state index in [1.807, 2.05) is 4.90 Å². The molecule has 0 aromatic heterocycles. The van der Waals surface area contributed by atoms with E-state index in [1.165, 1.54) is 17.0 Å². The molecule has 1 aromatic carbocycles. The number of carboxylic acid groups (broad SMARTS) is 1. The van der Waals surface area contributed by atoms with E-state index in [9.17, 15) is 28.2 Å². The number of hydrogen-bond donors (Lipinski definition) is 3. The number of rotatable bonds is 4. The number of carbonyl (C=O) groups is 1. The lowest BCUT2D eigenvalue weighted by Crippen LogP contribution is -2.56. The molecule has 3 N–H and O–H groups in total. The molecule has 0 spiro atoms. The molecule has 6 nitrogen and oxygen atoms in total. The zero-order valence-corrected chi connectivity index (χ0v) is 16.1. The van der Waals surface area contributed by atoms with Gasteiger partial charge in [0.1, 0.15) is 0 Å². The van der Waals surface area contributed by atoms with Crippen molar-refractivity contribution in [2.45, 2.75) is 49.5 Å². The van der Waals surface area contributed by atoms with Gasteiger partial charge in [0.25, 0.3) is 0 Å². The minimum Gasteiger partial charge on any atom is -0.465 e. The number of likely N-dealkylation sites (tertiary alicyclic amines) is 2. The van der Waals surface area contributed by atoms with E-state index < -0.39 is 29.5 Å². The number of halogens is 3. The molecule has 2 aliphatic heterocycles. The van der Waals surface area contributed by atoms with Crippen LogP contribution in [0.25, 0.3) is 0 Å². The van der Waals surface area contributed by atoms with Crippen LogP contribution in [0.2, 0.25) is 0 Å². The summed E-state index contributed by atoms with van der Waals surface area (Å²) in [6.07, 6.45) is -4.40.